The molecule has 1 saturated heterocycles. The van der Waals surface area contributed by atoms with Crippen LogP contribution in [0.3, 0.4) is 0 Å². The van der Waals surface area contributed by atoms with Gasteiger partial charge in [-0.3, -0.25) is 4.79 Å². The number of ether oxygens (including phenoxy) is 1. The number of hydrogen-bond acceptors (Lipinski definition) is 3. The van der Waals surface area contributed by atoms with E-state index in [9.17, 15) is 4.79 Å². The smallest absolute Gasteiger partial charge is 0.185 e. The largest absolute Gasteiger partial charge is 0.378 e. The maximum Gasteiger partial charge on any atom is 0.185 e. The van der Waals surface area contributed by atoms with Crippen molar-refractivity contribution in [3.8, 4) is 0 Å². The first-order valence-corrected chi connectivity index (χ1v) is 8.01. The van der Waals surface area contributed by atoms with Gasteiger partial charge in [-0.15, -0.1) is 0 Å². The molecule has 3 rings (SSSR count). The first-order valence-electron chi connectivity index (χ1n) is 7.63. The second-order valence-electron chi connectivity index (χ2n) is 5.40. The summed E-state index contributed by atoms with van der Waals surface area (Å²) >= 11 is 5.91. The van der Waals surface area contributed by atoms with Gasteiger partial charge < -0.3 is 9.64 Å². The van der Waals surface area contributed by atoms with E-state index in [-0.39, 0.29) is 5.78 Å². The second kappa shape index (κ2) is 7.44. The molecule has 2 aromatic carbocycles. The number of ketones is 1. The Bertz CT molecular complexity index is 704. The highest BCUT2D eigenvalue weighted by atomic mass is 35.5. The number of benzene rings is 2. The van der Waals surface area contributed by atoms with Crippen LogP contribution in [-0.2, 0) is 4.74 Å². The molecule has 0 atom stereocenters. The van der Waals surface area contributed by atoms with Gasteiger partial charge in [-0.25, -0.2) is 0 Å². The van der Waals surface area contributed by atoms with E-state index in [1.807, 2.05) is 18.2 Å². The summed E-state index contributed by atoms with van der Waals surface area (Å²) in [5.74, 6) is -0.0512. The van der Waals surface area contributed by atoms with Crippen LogP contribution in [0.4, 0.5) is 5.69 Å². The number of hydrogen-bond donors (Lipinski definition) is 0. The van der Waals surface area contributed by atoms with Gasteiger partial charge in [0, 0.05) is 29.4 Å². The van der Waals surface area contributed by atoms with Crippen LogP contribution in [0.2, 0.25) is 5.02 Å². The SMILES string of the molecule is O=C(/C=C/c1ccc(N2CCOCC2)cc1)c1cccc(Cl)c1. The lowest BCUT2D eigenvalue weighted by Gasteiger charge is -2.28. The monoisotopic (exact) mass is 327 g/mol. The summed E-state index contributed by atoms with van der Waals surface area (Å²) in [4.78, 5) is 14.4. The van der Waals surface area contributed by atoms with Gasteiger partial charge in [0.25, 0.3) is 0 Å². The van der Waals surface area contributed by atoms with Gasteiger partial charge in [0.15, 0.2) is 5.78 Å². The van der Waals surface area contributed by atoms with Crippen molar-refractivity contribution in [2.24, 2.45) is 0 Å². The van der Waals surface area contributed by atoms with Gasteiger partial charge in [-0.05, 0) is 35.9 Å². The molecule has 0 spiro atoms. The molecule has 3 nitrogen and oxygen atoms in total. The molecule has 2 aromatic rings. The third-order valence-corrected chi connectivity index (χ3v) is 4.04. The Balaban J connectivity index is 1.66. The molecule has 0 unspecified atom stereocenters. The molecule has 0 bridgehead atoms. The minimum Gasteiger partial charge on any atom is -0.378 e. The van der Waals surface area contributed by atoms with Crippen LogP contribution in [0.5, 0.6) is 0 Å². The first-order chi connectivity index (χ1) is 11.2. The molecule has 1 fully saturated rings. The van der Waals surface area contributed by atoms with Crippen molar-refractivity contribution < 1.29 is 9.53 Å². The summed E-state index contributed by atoms with van der Waals surface area (Å²) in [5.41, 5.74) is 2.78. The fourth-order valence-electron chi connectivity index (χ4n) is 2.53. The quantitative estimate of drug-likeness (QED) is 0.626. The fraction of sp³-hybridized carbons (Fsp3) is 0.211. The molecule has 0 aliphatic carbocycles. The fourth-order valence-corrected chi connectivity index (χ4v) is 2.72. The maximum atomic E-state index is 12.1. The third-order valence-electron chi connectivity index (χ3n) is 3.81. The molecule has 0 saturated carbocycles. The minimum absolute atomic E-state index is 0.0512. The van der Waals surface area contributed by atoms with Crippen LogP contribution in [0.15, 0.2) is 54.6 Å². The molecule has 0 amide bonds. The summed E-state index contributed by atoms with van der Waals surface area (Å²) in [7, 11) is 0. The van der Waals surface area contributed by atoms with Gasteiger partial charge in [0.1, 0.15) is 0 Å². The standard InChI is InChI=1S/C19H18ClNO2/c20-17-3-1-2-16(14-17)19(22)9-6-15-4-7-18(8-5-15)21-10-12-23-13-11-21/h1-9,14H,10-13H2/b9-6+. The first kappa shape index (κ1) is 15.8. The summed E-state index contributed by atoms with van der Waals surface area (Å²) < 4.78 is 5.36. The van der Waals surface area contributed by atoms with E-state index in [1.54, 1.807) is 30.3 Å². The molecule has 0 radical (unpaired) electrons. The van der Waals surface area contributed by atoms with Crippen molar-refractivity contribution in [1.29, 1.82) is 0 Å². The summed E-state index contributed by atoms with van der Waals surface area (Å²) in [6.45, 7) is 3.39. The maximum absolute atomic E-state index is 12.1. The average molecular weight is 328 g/mol. The summed E-state index contributed by atoms with van der Waals surface area (Å²) in [6, 6.07) is 15.2. The molecule has 1 aliphatic rings. The molecule has 0 N–H and O–H groups in total. The highest BCUT2D eigenvalue weighted by molar-refractivity contribution is 6.31. The predicted octanol–water partition coefficient (Wildman–Crippen LogP) is 4.07. The van der Waals surface area contributed by atoms with Gasteiger partial charge in [0.2, 0.25) is 0 Å². The lowest BCUT2D eigenvalue weighted by molar-refractivity contribution is 0.104. The highest BCUT2D eigenvalue weighted by Crippen LogP contribution is 2.18. The normalized spacial score (nSPS) is 15.1. The Morgan fingerprint density at radius 3 is 2.52 bits per heavy atom. The van der Waals surface area contributed by atoms with Crippen LogP contribution in [0, 0.1) is 0 Å². The van der Waals surface area contributed by atoms with Crippen molar-refractivity contribution >= 4 is 29.1 Å². The third kappa shape index (κ3) is 4.21. The van der Waals surface area contributed by atoms with Crippen LogP contribution in [-0.4, -0.2) is 32.1 Å². The van der Waals surface area contributed by atoms with E-state index < -0.39 is 0 Å². The van der Waals surface area contributed by atoms with Crippen molar-refractivity contribution in [2.45, 2.75) is 0 Å². The molecular weight excluding hydrogens is 310 g/mol. The molecule has 4 heteroatoms. The summed E-state index contributed by atoms with van der Waals surface area (Å²) in [5, 5.41) is 0.569. The molecule has 1 aliphatic heterocycles. The molecule has 0 aromatic heterocycles. The van der Waals surface area contributed by atoms with E-state index in [4.69, 9.17) is 16.3 Å². The zero-order valence-electron chi connectivity index (χ0n) is 12.7. The second-order valence-corrected chi connectivity index (χ2v) is 5.84. The van der Waals surface area contributed by atoms with Crippen molar-refractivity contribution in [3.63, 3.8) is 0 Å². The lowest BCUT2D eigenvalue weighted by Crippen LogP contribution is -2.36. The Hall–Kier alpha value is -2.10. The van der Waals surface area contributed by atoms with E-state index >= 15 is 0 Å². The lowest BCUT2D eigenvalue weighted by atomic mass is 10.1. The van der Waals surface area contributed by atoms with Crippen LogP contribution in [0.25, 0.3) is 6.08 Å². The van der Waals surface area contributed by atoms with Crippen LogP contribution < -0.4 is 4.90 Å². The average Bonchev–Trinajstić information content (AvgIpc) is 2.61. The number of halogens is 1. The van der Waals surface area contributed by atoms with E-state index in [2.05, 4.69) is 17.0 Å². The number of nitrogens with zero attached hydrogens (tertiary/aromatic N) is 1. The van der Waals surface area contributed by atoms with Crippen LogP contribution >= 0.6 is 11.6 Å². The zero-order chi connectivity index (χ0) is 16.1. The van der Waals surface area contributed by atoms with Gasteiger partial charge in [-0.2, -0.15) is 0 Å². The number of rotatable bonds is 4. The number of carbonyl (C=O) groups excluding carboxylic acids is 1. The Kier molecular flexibility index (Phi) is 5.11. The Morgan fingerprint density at radius 1 is 1.09 bits per heavy atom. The van der Waals surface area contributed by atoms with Gasteiger partial charge in [0.05, 0.1) is 13.2 Å². The Labute approximate surface area is 141 Å². The van der Waals surface area contributed by atoms with E-state index in [0.717, 1.165) is 31.9 Å². The number of morpholine rings is 1. The predicted molar refractivity (Wildman–Crippen MR) is 94.3 cm³/mol. The van der Waals surface area contributed by atoms with E-state index in [0.29, 0.717) is 10.6 Å². The number of allylic oxidation sites excluding steroid dienone is 1. The van der Waals surface area contributed by atoms with Crippen molar-refractivity contribution in [3.05, 3.63) is 70.8 Å². The number of anilines is 1. The summed E-state index contributed by atoms with van der Waals surface area (Å²) in [6.07, 6.45) is 3.40. The van der Waals surface area contributed by atoms with E-state index in [1.165, 1.54) is 5.69 Å². The molecular formula is C19H18ClNO2. The number of carbonyl (C=O) groups is 1. The van der Waals surface area contributed by atoms with Crippen molar-refractivity contribution in [1.82, 2.24) is 0 Å². The van der Waals surface area contributed by atoms with Gasteiger partial charge in [-0.1, -0.05) is 41.9 Å². The van der Waals surface area contributed by atoms with Crippen LogP contribution in [0.1, 0.15) is 15.9 Å². The molecule has 1 heterocycles. The topological polar surface area (TPSA) is 29.5 Å². The minimum atomic E-state index is -0.0512. The van der Waals surface area contributed by atoms with Gasteiger partial charge >= 0.3 is 0 Å². The Morgan fingerprint density at radius 2 is 1.83 bits per heavy atom. The zero-order valence-corrected chi connectivity index (χ0v) is 13.5. The van der Waals surface area contributed by atoms with Crippen molar-refractivity contribution in [2.75, 3.05) is 31.2 Å². The molecule has 118 valence electrons. The molecule has 23 heavy (non-hydrogen) atoms. The highest BCUT2D eigenvalue weighted by Gasteiger charge is 2.10.